The van der Waals surface area contributed by atoms with Crippen LogP contribution in [0.3, 0.4) is 0 Å². The molecule has 33 heavy (non-hydrogen) atoms. The topological polar surface area (TPSA) is 71.0 Å². The first kappa shape index (κ1) is 21.3. The van der Waals surface area contributed by atoms with Gasteiger partial charge < -0.3 is 10.2 Å². The number of carbonyl (C=O) groups is 1. The van der Waals surface area contributed by atoms with Crippen LogP contribution in [-0.2, 0) is 11.0 Å². The van der Waals surface area contributed by atoms with Crippen molar-refractivity contribution >= 4 is 17.4 Å². The zero-order chi connectivity index (χ0) is 23.4. The Kier molecular flexibility index (Phi) is 4.84. The molecule has 1 N–H and O–H groups in total. The molecule has 10 heteroatoms. The van der Waals surface area contributed by atoms with E-state index in [1.807, 2.05) is 17.0 Å². The van der Waals surface area contributed by atoms with Crippen molar-refractivity contribution < 1.29 is 22.4 Å². The molecule has 0 spiro atoms. The maximum atomic E-state index is 13.6. The number of anilines is 2. The van der Waals surface area contributed by atoms with Crippen molar-refractivity contribution in [3.05, 3.63) is 66.4 Å². The van der Waals surface area contributed by atoms with Gasteiger partial charge in [0.25, 0.3) is 0 Å². The lowest BCUT2D eigenvalue weighted by Gasteiger charge is -2.32. The molecular weight excluding hydrogens is 438 g/mol. The summed E-state index contributed by atoms with van der Waals surface area (Å²) in [6, 6.07) is 8.20. The van der Waals surface area contributed by atoms with E-state index in [1.165, 1.54) is 6.07 Å². The fraction of sp³-hybridized carbons (Fsp3) is 0.304. The van der Waals surface area contributed by atoms with E-state index in [1.54, 1.807) is 12.3 Å². The van der Waals surface area contributed by atoms with Crippen molar-refractivity contribution in [1.29, 1.82) is 0 Å². The van der Waals surface area contributed by atoms with Crippen LogP contribution in [0.5, 0.6) is 0 Å². The van der Waals surface area contributed by atoms with Gasteiger partial charge in [-0.15, -0.1) is 0 Å². The Morgan fingerprint density at radius 3 is 2.58 bits per heavy atom. The van der Waals surface area contributed by atoms with Crippen molar-refractivity contribution in [3.63, 3.8) is 0 Å². The van der Waals surface area contributed by atoms with Crippen LogP contribution >= 0.6 is 0 Å². The van der Waals surface area contributed by atoms with Crippen molar-refractivity contribution in [2.45, 2.75) is 37.5 Å². The smallest absolute Gasteiger partial charge is 0.339 e. The van der Waals surface area contributed by atoms with Crippen molar-refractivity contribution in [3.8, 4) is 11.4 Å². The quantitative estimate of drug-likeness (QED) is 0.576. The van der Waals surface area contributed by atoms with E-state index in [0.29, 0.717) is 18.2 Å². The van der Waals surface area contributed by atoms with Crippen molar-refractivity contribution in [2.24, 2.45) is 5.92 Å². The fourth-order valence-electron chi connectivity index (χ4n) is 4.68. The van der Waals surface area contributed by atoms with Crippen LogP contribution in [-0.4, -0.2) is 32.4 Å². The van der Waals surface area contributed by atoms with E-state index in [9.17, 15) is 22.4 Å². The molecular formula is C23H19F4N5O. The van der Waals surface area contributed by atoms with E-state index in [0.717, 1.165) is 30.9 Å². The molecule has 1 saturated heterocycles. The molecule has 1 unspecified atom stereocenters. The van der Waals surface area contributed by atoms with Gasteiger partial charge in [0.15, 0.2) is 11.6 Å². The molecule has 3 heterocycles. The highest BCUT2D eigenvalue weighted by Crippen LogP contribution is 2.58. The monoisotopic (exact) mass is 457 g/mol. The van der Waals surface area contributed by atoms with Gasteiger partial charge in [0.05, 0.1) is 18.0 Å². The van der Waals surface area contributed by atoms with Crippen LogP contribution in [0.15, 0.2) is 55.0 Å². The van der Waals surface area contributed by atoms with Crippen molar-refractivity contribution in [1.82, 2.24) is 15.0 Å². The molecule has 3 aromatic rings. The molecule has 2 aliphatic rings. The molecule has 6 nitrogen and oxygen atoms in total. The minimum Gasteiger partial charge on any atom is -0.339 e. The first-order valence-corrected chi connectivity index (χ1v) is 10.4. The number of amides is 1. The van der Waals surface area contributed by atoms with Crippen LogP contribution in [0.4, 0.5) is 29.1 Å². The number of alkyl halides is 3. The third kappa shape index (κ3) is 3.79. The average Bonchev–Trinajstić information content (AvgIpc) is 3.34. The van der Waals surface area contributed by atoms with Crippen LogP contribution in [0.2, 0.25) is 0 Å². The van der Waals surface area contributed by atoms with Crippen LogP contribution < -0.4 is 10.2 Å². The minimum absolute atomic E-state index is 0.163. The largest absolute Gasteiger partial charge is 0.417 e. The summed E-state index contributed by atoms with van der Waals surface area (Å²) in [6.45, 7) is 2.09. The fourth-order valence-corrected chi connectivity index (χ4v) is 4.68. The van der Waals surface area contributed by atoms with Gasteiger partial charge in [0, 0.05) is 23.0 Å². The van der Waals surface area contributed by atoms with Gasteiger partial charge in [-0.05, 0) is 56.0 Å². The zero-order valence-corrected chi connectivity index (χ0v) is 17.5. The highest BCUT2D eigenvalue weighted by molar-refractivity contribution is 5.98. The predicted molar refractivity (Wildman–Crippen MR) is 113 cm³/mol. The second-order valence-electron chi connectivity index (χ2n) is 8.54. The van der Waals surface area contributed by atoms with Crippen LogP contribution in [0.1, 0.15) is 25.3 Å². The predicted octanol–water partition coefficient (Wildman–Crippen LogP) is 4.69. The maximum absolute atomic E-state index is 13.6. The number of aromatic nitrogens is 3. The summed E-state index contributed by atoms with van der Waals surface area (Å²) in [6.07, 6.45) is 0.169. The third-order valence-corrected chi connectivity index (χ3v) is 6.40. The number of nitrogens with one attached hydrogen (secondary N) is 1. The van der Waals surface area contributed by atoms with E-state index in [4.69, 9.17) is 0 Å². The Morgan fingerprint density at radius 2 is 1.91 bits per heavy atom. The summed E-state index contributed by atoms with van der Waals surface area (Å²) >= 11 is 0. The first-order valence-electron chi connectivity index (χ1n) is 10.4. The standard InChI is InChI=1S/C23H19F4N5O/c1-22-10-13(22)8-18(32(22)19-4-2-3-7-28-19)21(33)31-15-5-6-17(23(25,26)27)16(9-15)20-29-11-14(24)12-30-20/h2-7,9,11-13,18H,8,10H2,1H3,(H,31,33)/t13-,18-,22?/m0/s1. The van der Waals surface area contributed by atoms with E-state index >= 15 is 0 Å². The molecule has 1 amide bonds. The summed E-state index contributed by atoms with van der Waals surface area (Å²) in [5.74, 6) is -0.344. The second kappa shape index (κ2) is 7.50. The molecule has 0 radical (unpaired) electrons. The Labute approximate surface area is 186 Å². The lowest BCUT2D eigenvalue weighted by Crippen LogP contribution is -2.46. The number of rotatable bonds is 4. The Bertz CT molecular complexity index is 1200. The number of hydrogen-bond donors (Lipinski definition) is 1. The SMILES string of the molecule is CC12C[C@@H]1C[C@@H](C(=O)Nc1ccc(C(F)(F)F)c(-c3ncc(F)cn3)c1)N2c1ccccn1. The van der Waals surface area contributed by atoms with Crippen LogP contribution in [0, 0.1) is 11.7 Å². The molecule has 1 aromatic carbocycles. The van der Waals surface area contributed by atoms with E-state index < -0.39 is 23.6 Å². The molecule has 2 fully saturated rings. The number of pyridine rings is 1. The minimum atomic E-state index is -4.67. The van der Waals surface area contributed by atoms with E-state index in [-0.39, 0.29) is 28.5 Å². The van der Waals surface area contributed by atoms with Gasteiger partial charge >= 0.3 is 6.18 Å². The number of hydrogen-bond acceptors (Lipinski definition) is 5. The lowest BCUT2D eigenvalue weighted by molar-refractivity contribution is -0.137. The molecule has 3 atom stereocenters. The first-order chi connectivity index (χ1) is 15.7. The summed E-state index contributed by atoms with van der Waals surface area (Å²) < 4.78 is 53.8. The number of halogens is 4. The Morgan fingerprint density at radius 1 is 1.15 bits per heavy atom. The van der Waals surface area contributed by atoms with Gasteiger partial charge in [0.2, 0.25) is 5.91 Å². The summed E-state index contributed by atoms with van der Waals surface area (Å²) in [7, 11) is 0. The Balaban J connectivity index is 1.45. The molecule has 1 aliphatic heterocycles. The normalized spacial score (nSPS) is 23.8. The Hall–Kier alpha value is -3.56. The van der Waals surface area contributed by atoms with Gasteiger partial charge in [-0.1, -0.05) is 6.07 Å². The van der Waals surface area contributed by atoms with E-state index in [2.05, 4.69) is 27.2 Å². The highest BCUT2D eigenvalue weighted by atomic mass is 19.4. The molecule has 5 rings (SSSR count). The summed E-state index contributed by atoms with van der Waals surface area (Å²) in [5.41, 5.74) is -1.31. The van der Waals surface area contributed by atoms with Crippen LogP contribution in [0.25, 0.3) is 11.4 Å². The molecule has 170 valence electrons. The third-order valence-electron chi connectivity index (χ3n) is 6.40. The lowest BCUT2D eigenvalue weighted by atomic mass is 10.0. The number of nitrogens with zero attached hydrogens (tertiary/aromatic N) is 4. The average molecular weight is 457 g/mol. The van der Waals surface area contributed by atoms with Gasteiger partial charge in [-0.25, -0.2) is 19.3 Å². The zero-order valence-electron chi connectivity index (χ0n) is 17.5. The molecule has 1 saturated carbocycles. The second-order valence-corrected chi connectivity index (χ2v) is 8.54. The van der Waals surface area contributed by atoms with Gasteiger partial charge in [-0.3, -0.25) is 4.79 Å². The summed E-state index contributed by atoms with van der Waals surface area (Å²) in [5, 5.41) is 2.74. The van der Waals surface area contributed by atoms with Crippen molar-refractivity contribution in [2.75, 3.05) is 10.2 Å². The van der Waals surface area contributed by atoms with Gasteiger partial charge in [-0.2, -0.15) is 13.2 Å². The highest BCUT2D eigenvalue weighted by Gasteiger charge is 2.64. The maximum Gasteiger partial charge on any atom is 0.417 e. The summed E-state index contributed by atoms with van der Waals surface area (Å²) in [4.78, 5) is 27.0. The molecule has 1 aliphatic carbocycles. The number of fused-ring (bicyclic) bond motifs is 1. The molecule has 0 bridgehead atoms. The number of benzene rings is 1. The molecule has 2 aromatic heterocycles. The van der Waals surface area contributed by atoms with Gasteiger partial charge in [0.1, 0.15) is 11.9 Å². The number of piperidine rings is 1. The number of carbonyl (C=O) groups excluding carboxylic acids is 1.